The second-order valence-corrected chi connectivity index (χ2v) is 4.75. The molecule has 2 rings (SSSR count). The van der Waals surface area contributed by atoms with E-state index in [1.54, 1.807) is 0 Å². The van der Waals surface area contributed by atoms with E-state index < -0.39 is 0 Å². The van der Waals surface area contributed by atoms with Crippen molar-refractivity contribution in [2.45, 2.75) is 44.6 Å². The third kappa shape index (κ3) is 2.19. The van der Waals surface area contributed by atoms with Crippen LogP contribution in [0.15, 0.2) is 0 Å². The van der Waals surface area contributed by atoms with Gasteiger partial charge in [0.2, 0.25) is 0 Å². The average molecular weight is 203 g/mol. The highest BCUT2D eigenvalue weighted by Gasteiger charge is 2.33. The lowest BCUT2D eigenvalue weighted by Gasteiger charge is -2.34. The van der Waals surface area contributed by atoms with Crippen LogP contribution >= 0.6 is 11.6 Å². The van der Waals surface area contributed by atoms with Crippen LogP contribution < -0.4 is 0 Å². The summed E-state index contributed by atoms with van der Waals surface area (Å²) in [5.74, 6) is 2.25. The van der Waals surface area contributed by atoms with Gasteiger partial charge in [-0.05, 0) is 37.5 Å². The maximum absolute atomic E-state index is 5.97. The third-order valence-electron chi connectivity index (χ3n) is 3.56. The van der Waals surface area contributed by atoms with E-state index in [0.717, 1.165) is 18.4 Å². The number of hydrogen-bond donors (Lipinski definition) is 0. The highest BCUT2D eigenvalue weighted by molar-refractivity contribution is 6.18. The van der Waals surface area contributed by atoms with Crippen LogP contribution in [0.1, 0.15) is 38.5 Å². The van der Waals surface area contributed by atoms with Gasteiger partial charge < -0.3 is 4.74 Å². The van der Waals surface area contributed by atoms with Crippen LogP contribution in [0.5, 0.6) is 0 Å². The van der Waals surface area contributed by atoms with Crippen LogP contribution in [0.25, 0.3) is 0 Å². The molecular formula is C11H19ClO. The first-order valence-corrected chi connectivity index (χ1v) is 6.13. The molecule has 2 aliphatic rings. The topological polar surface area (TPSA) is 9.23 Å². The fraction of sp³-hybridized carbons (Fsp3) is 1.00. The highest BCUT2D eigenvalue weighted by Crippen LogP contribution is 2.36. The smallest absolute Gasteiger partial charge is 0.0642 e. The van der Waals surface area contributed by atoms with Crippen molar-refractivity contribution in [3.8, 4) is 0 Å². The largest absolute Gasteiger partial charge is 0.378 e. The van der Waals surface area contributed by atoms with Gasteiger partial charge in [-0.25, -0.2) is 0 Å². The van der Waals surface area contributed by atoms with E-state index >= 15 is 0 Å². The molecule has 1 aliphatic heterocycles. The summed E-state index contributed by atoms with van der Waals surface area (Å²) in [6.45, 7) is 0.967. The molecule has 1 nitrogen and oxygen atoms in total. The average Bonchev–Trinajstić information content (AvgIpc) is 2.70. The van der Waals surface area contributed by atoms with Crippen molar-refractivity contribution in [2.75, 3.05) is 12.5 Å². The van der Waals surface area contributed by atoms with Crippen molar-refractivity contribution in [1.29, 1.82) is 0 Å². The molecule has 1 aliphatic carbocycles. The third-order valence-corrected chi connectivity index (χ3v) is 3.95. The van der Waals surface area contributed by atoms with E-state index in [4.69, 9.17) is 16.3 Å². The first kappa shape index (κ1) is 9.79. The van der Waals surface area contributed by atoms with Gasteiger partial charge in [-0.1, -0.05) is 12.8 Å². The van der Waals surface area contributed by atoms with E-state index in [9.17, 15) is 0 Å². The molecule has 2 unspecified atom stereocenters. The number of ether oxygens (including phenoxy) is 1. The number of rotatable bonds is 2. The van der Waals surface area contributed by atoms with Crippen LogP contribution in [-0.2, 0) is 4.74 Å². The molecule has 0 aromatic carbocycles. The zero-order valence-electron chi connectivity index (χ0n) is 8.18. The van der Waals surface area contributed by atoms with E-state index in [2.05, 4.69) is 0 Å². The minimum Gasteiger partial charge on any atom is -0.378 e. The van der Waals surface area contributed by atoms with Crippen molar-refractivity contribution in [2.24, 2.45) is 11.8 Å². The molecule has 2 atom stereocenters. The van der Waals surface area contributed by atoms with E-state index in [0.29, 0.717) is 12.0 Å². The molecule has 0 spiro atoms. The maximum Gasteiger partial charge on any atom is 0.0642 e. The van der Waals surface area contributed by atoms with Crippen LogP contribution in [0.3, 0.4) is 0 Å². The Labute approximate surface area is 85.8 Å². The fourth-order valence-electron chi connectivity index (χ4n) is 2.84. The molecule has 0 bridgehead atoms. The minimum atomic E-state index is 0.494. The van der Waals surface area contributed by atoms with Crippen molar-refractivity contribution in [3.05, 3.63) is 0 Å². The first-order valence-electron chi connectivity index (χ1n) is 5.59. The summed E-state index contributed by atoms with van der Waals surface area (Å²) in [6.07, 6.45) is 8.54. The van der Waals surface area contributed by atoms with Gasteiger partial charge in [-0.2, -0.15) is 0 Å². The van der Waals surface area contributed by atoms with Crippen molar-refractivity contribution in [3.63, 3.8) is 0 Å². The lowest BCUT2D eigenvalue weighted by Crippen LogP contribution is -2.36. The molecule has 1 heterocycles. The minimum absolute atomic E-state index is 0.494. The zero-order chi connectivity index (χ0) is 9.10. The van der Waals surface area contributed by atoms with Crippen LogP contribution in [0.4, 0.5) is 0 Å². The predicted octanol–water partition coefficient (Wildman–Crippen LogP) is 3.21. The molecular weight excluding hydrogens is 184 g/mol. The Bertz CT molecular complexity index is 152. The molecule has 2 heteroatoms. The van der Waals surface area contributed by atoms with E-state index in [-0.39, 0.29) is 0 Å². The summed E-state index contributed by atoms with van der Waals surface area (Å²) >= 11 is 5.97. The summed E-state index contributed by atoms with van der Waals surface area (Å²) in [5.41, 5.74) is 0. The summed E-state index contributed by atoms with van der Waals surface area (Å²) in [5, 5.41) is 0. The van der Waals surface area contributed by atoms with Gasteiger partial charge in [0.1, 0.15) is 0 Å². The number of alkyl halides is 1. The van der Waals surface area contributed by atoms with Gasteiger partial charge in [0.25, 0.3) is 0 Å². The first-order chi connectivity index (χ1) is 6.42. The molecule has 0 radical (unpaired) electrons. The van der Waals surface area contributed by atoms with Crippen LogP contribution in [0.2, 0.25) is 0 Å². The summed E-state index contributed by atoms with van der Waals surface area (Å²) < 4.78 is 5.88. The quantitative estimate of drug-likeness (QED) is 0.625. The van der Waals surface area contributed by atoms with Crippen molar-refractivity contribution >= 4 is 11.6 Å². The van der Waals surface area contributed by atoms with E-state index in [1.165, 1.54) is 38.5 Å². The Kier molecular flexibility index (Phi) is 3.51. The van der Waals surface area contributed by atoms with Crippen LogP contribution in [-0.4, -0.2) is 18.6 Å². The Morgan fingerprint density at radius 1 is 1.08 bits per heavy atom. The zero-order valence-corrected chi connectivity index (χ0v) is 8.93. The summed E-state index contributed by atoms with van der Waals surface area (Å²) in [7, 11) is 0. The molecule has 1 saturated carbocycles. The Morgan fingerprint density at radius 2 is 1.85 bits per heavy atom. The van der Waals surface area contributed by atoms with Crippen molar-refractivity contribution < 1.29 is 4.74 Å². The Balaban J connectivity index is 1.93. The number of halogens is 1. The lowest BCUT2D eigenvalue weighted by molar-refractivity contribution is -0.0522. The lowest BCUT2D eigenvalue weighted by atomic mass is 9.86. The molecule has 13 heavy (non-hydrogen) atoms. The molecule has 0 aromatic heterocycles. The van der Waals surface area contributed by atoms with Gasteiger partial charge in [0, 0.05) is 12.5 Å². The molecule has 0 amide bonds. The molecule has 0 aromatic rings. The monoisotopic (exact) mass is 202 g/mol. The SMILES string of the molecule is ClCC1CCCOC1C1CCCC1. The Hall–Kier alpha value is 0.250. The van der Waals surface area contributed by atoms with Gasteiger partial charge in [-0.3, -0.25) is 0 Å². The number of hydrogen-bond acceptors (Lipinski definition) is 1. The van der Waals surface area contributed by atoms with Gasteiger partial charge >= 0.3 is 0 Å². The maximum atomic E-state index is 5.97. The normalized spacial score (nSPS) is 36.7. The van der Waals surface area contributed by atoms with Crippen molar-refractivity contribution in [1.82, 2.24) is 0 Å². The van der Waals surface area contributed by atoms with Gasteiger partial charge in [0.15, 0.2) is 0 Å². The summed E-state index contributed by atoms with van der Waals surface area (Å²) in [6, 6.07) is 0. The fourth-order valence-corrected chi connectivity index (χ4v) is 3.17. The molecule has 0 N–H and O–H groups in total. The van der Waals surface area contributed by atoms with Gasteiger partial charge in [0.05, 0.1) is 6.10 Å². The molecule has 2 fully saturated rings. The Morgan fingerprint density at radius 3 is 2.54 bits per heavy atom. The van der Waals surface area contributed by atoms with E-state index in [1.807, 2.05) is 0 Å². The predicted molar refractivity (Wildman–Crippen MR) is 55.1 cm³/mol. The van der Waals surface area contributed by atoms with Gasteiger partial charge in [-0.15, -0.1) is 11.6 Å². The second kappa shape index (κ2) is 4.65. The summed E-state index contributed by atoms with van der Waals surface area (Å²) in [4.78, 5) is 0. The second-order valence-electron chi connectivity index (χ2n) is 4.44. The van der Waals surface area contributed by atoms with Crippen LogP contribution in [0, 0.1) is 11.8 Å². The molecule has 1 saturated heterocycles. The standard InChI is InChI=1S/C11H19ClO/c12-8-10-6-3-7-13-11(10)9-4-1-2-5-9/h9-11H,1-8H2. The highest BCUT2D eigenvalue weighted by atomic mass is 35.5. The molecule has 76 valence electrons.